The maximum Gasteiger partial charge on any atom is 0.248 e. The van der Waals surface area contributed by atoms with Gasteiger partial charge in [-0.15, -0.1) is 0 Å². The van der Waals surface area contributed by atoms with Crippen LogP contribution in [0.3, 0.4) is 0 Å². The van der Waals surface area contributed by atoms with Gasteiger partial charge in [0.15, 0.2) is 5.58 Å². The largest absolute Gasteiger partial charge is 0.437 e. The van der Waals surface area contributed by atoms with Crippen molar-refractivity contribution >= 4 is 28.8 Å². The third-order valence-corrected chi connectivity index (χ3v) is 3.19. The van der Waals surface area contributed by atoms with Crippen molar-refractivity contribution in [2.45, 2.75) is 6.61 Å². The Morgan fingerprint density at radius 2 is 2.13 bits per heavy atom. The second-order valence-electron chi connectivity index (χ2n) is 4.98. The molecule has 0 fully saturated rings. The van der Waals surface area contributed by atoms with Crippen molar-refractivity contribution in [3.8, 4) is 0 Å². The van der Waals surface area contributed by atoms with Crippen molar-refractivity contribution in [2.75, 3.05) is 12.4 Å². The third kappa shape index (κ3) is 3.84. The van der Waals surface area contributed by atoms with Gasteiger partial charge in [-0.25, -0.2) is 4.98 Å². The zero-order chi connectivity index (χ0) is 16.1. The number of rotatable bonds is 5. The van der Waals surface area contributed by atoms with E-state index in [1.165, 1.54) is 6.08 Å². The number of carbonyl (C=O) groups is 1. The number of oxazole rings is 1. The average molecular weight is 308 g/mol. The van der Waals surface area contributed by atoms with E-state index in [0.29, 0.717) is 23.8 Å². The average Bonchev–Trinajstić information content (AvgIpc) is 2.96. The quantitative estimate of drug-likeness (QED) is 0.731. The maximum absolute atomic E-state index is 12.0. The van der Waals surface area contributed by atoms with Crippen LogP contribution in [0.4, 0.5) is 5.69 Å². The molecule has 1 aromatic heterocycles. The summed E-state index contributed by atoms with van der Waals surface area (Å²) in [7, 11) is 1.63. The van der Waals surface area contributed by atoms with Crippen LogP contribution in [0.25, 0.3) is 17.2 Å². The van der Waals surface area contributed by atoms with Crippen LogP contribution in [0.1, 0.15) is 11.5 Å². The highest BCUT2D eigenvalue weighted by molar-refractivity contribution is 6.01. The van der Waals surface area contributed by atoms with Crippen molar-refractivity contribution in [3.05, 3.63) is 66.1 Å². The summed E-state index contributed by atoms with van der Waals surface area (Å²) in [5.41, 5.74) is 3.17. The van der Waals surface area contributed by atoms with Crippen molar-refractivity contribution < 1.29 is 13.9 Å². The Balaban J connectivity index is 1.67. The molecule has 1 heterocycles. The molecule has 0 aliphatic heterocycles. The summed E-state index contributed by atoms with van der Waals surface area (Å²) >= 11 is 0. The van der Waals surface area contributed by atoms with Gasteiger partial charge in [0.25, 0.3) is 0 Å². The van der Waals surface area contributed by atoms with Crippen LogP contribution in [-0.2, 0) is 16.1 Å². The summed E-state index contributed by atoms with van der Waals surface area (Å²) in [6, 6.07) is 15.0. The lowest BCUT2D eigenvalue weighted by Crippen LogP contribution is -2.08. The summed E-state index contributed by atoms with van der Waals surface area (Å²) in [5.74, 6) is 0.149. The van der Waals surface area contributed by atoms with Gasteiger partial charge < -0.3 is 14.5 Å². The van der Waals surface area contributed by atoms with E-state index in [0.717, 1.165) is 11.1 Å². The summed E-state index contributed by atoms with van der Waals surface area (Å²) < 4.78 is 10.6. The lowest BCUT2D eigenvalue weighted by Gasteiger charge is -2.04. The molecule has 116 valence electrons. The monoisotopic (exact) mass is 308 g/mol. The molecule has 0 unspecified atom stereocenters. The molecule has 0 saturated carbocycles. The van der Waals surface area contributed by atoms with Crippen molar-refractivity contribution in [2.24, 2.45) is 0 Å². The van der Waals surface area contributed by atoms with Crippen LogP contribution in [-0.4, -0.2) is 18.0 Å². The summed E-state index contributed by atoms with van der Waals surface area (Å²) in [4.78, 5) is 16.3. The molecule has 0 aliphatic carbocycles. The van der Waals surface area contributed by atoms with Crippen LogP contribution in [0, 0.1) is 0 Å². The summed E-state index contributed by atoms with van der Waals surface area (Å²) in [5, 5.41) is 2.79. The number of nitrogens with zero attached hydrogens (tertiary/aromatic N) is 1. The van der Waals surface area contributed by atoms with E-state index in [1.54, 1.807) is 13.2 Å². The topological polar surface area (TPSA) is 64.4 Å². The zero-order valence-electron chi connectivity index (χ0n) is 12.7. The van der Waals surface area contributed by atoms with Crippen LogP contribution >= 0.6 is 0 Å². The van der Waals surface area contributed by atoms with Crippen LogP contribution in [0.15, 0.2) is 59.0 Å². The van der Waals surface area contributed by atoms with Gasteiger partial charge in [0, 0.05) is 24.9 Å². The number of para-hydroxylation sites is 2. The van der Waals surface area contributed by atoms with Gasteiger partial charge in [0.1, 0.15) is 5.52 Å². The number of anilines is 1. The molecular formula is C18H16N2O3. The normalized spacial score (nSPS) is 11.2. The molecule has 1 amide bonds. The molecule has 0 radical (unpaired) electrons. The van der Waals surface area contributed by atoms with E-state index in [1.807, 2.05) is 48.5 Å². The number of benzene rings is 2. The number of carbonyl (C=O) groups excluding carboxylic acids is 1. The Kier molecular flexibility index (Phi) is 4.49. The number of fused-ring (bicyclic) bond motifs is 1. The Hall–Kier alpha value is -2.92. The van der Waals surface area contributed by atoms with Crippen LogP contribution < -0.4 is 5.32 Å². The van der Waals surface area contributed by atoms with Crippen LogP contribution in [0.2, 0.25) is 0 Å². The molecule has 5 heteroatoms. The molecule has 23 heavy (non-hydrogen) atoms. The Morgan fingerprint density at radius 1 is 1.26 bits per heavy atom. The van der Waals surface area contributed by atoms with Gasteiger partial charge in [0.05, 0.1) is 6.61 Å². The Morgan fingerprint density at radius 3 is 2.96 bits per heavy atom. The number of amides is 1. The van der Waals surface area contributed by atoms with E-state index in [9.17, 15) is 4.79 Å². The number of aromatic nitrogens is 1. The highest BCUT2D eigenvalue weighted by atomic mass is 16.5. The summed E-state index contributed by atoms with van der Waals surface area (Å²) in [6.45, 7) is 0.502. The fourth-order valence-electron chi connectivity index (χ4n) is 2.20. The number of hydrogen-bond donors (Lipinski definition) is 1. The number of hydrogen-bond acceptors (Lipinski definition) is 4. The van der Waals surface area contributed by atoms with Gasteiger partial charge in [-0.3, -0.25) is 4.79 Å². The van der Waals surface area contributed by atoms with E-state index in [2.05, 4.69) is 10.3 Å². The molecule has 3 rings (SSSR count). The first-order chi connectivity index (χ1) is 11.2. The predicted molar refractivity (Wildman–Crippen MR) is 88.8 cm³/mol. The fourth-order valence-corrected chi connectivity index (χ4v) is 2.20. The highest BCUT2D eigenvalue weighted by Crippen LogP contribution is 2.16. The van der Waals surface area contributed by atoms with Crippen molar-refractivity contribution in [1.29, 1.82) is 0 Å². The number of ether oxygens (including phenoxy) is 1. The van der Waals surface area contributed by atoms with E-state index in [-0.39, 0.29) is 5.91 Å². The van der Waals surface area contributed by atoms with Crippen LogP contribution in [0.5, 0.6) is 0 Å². The molecule has 2 aromatic carbocycles. The molecular weight excluding hydrogens is 292 g/mol. The molecule has 0 spiro atoms. The molecule has 0 aliphatic rings. The number of nitrogens with one attached hydrogen (secondary N) is 1. The SMILES string of the molecule is COCc1cccc(NC(=O)/C=C/c2nc3ccccc3o2)c1. The maximum atomic E-state index is 12.0. The van der Waals surface area contributed by atoms with Crippen molar-refractivity contribution in [1.82, 2.24) is 4.98 Å². The van der Waals surface area contributed by atoms with Crippen molar-refractivity contribution in [3.63, 3.8) is 0 Å². The molecule has 0 saturated heterocycles. The first kappa shape index (κ1) is 15.0. The standard InChI is InChI=1S/C18H16N2O3/c1-22-12-13-5-4-6-14(11-13)19-17(21)9-10-18-20-15-7-2-3-8-16(15)23-18/h2-11H,12H2,1H3,(H,19,21)/b10-9+. The first-order valence-corrected chi connectivity index (χ1v) is 7.17. The minimum Gasteiger partial charge on any atom is -0.437 e. The lowest BCUT2D eigenvalue weighted by atomic mass is 10.2. The minimum atomic E-state index is -0.248. The second-order valence-corrected chi connectivity index (χ2v) is 4.98. The van der Waals surface area contributed by atoms with Gasteiger partial charge in [-0.2, -0.15) is 0 Å². The molecule has 0 bridgehead atoms. The number of methoxy groups -OCH3 is 1. The fraction of sp³-hybridized carbons (Fsp3) is 0.111. The first-order valence-electron chi connectivity index (χ1n) is 7.17. The van der Waals surface area contributed by atoms with E-state index < -0.39 is 0 Å². The molecule has 1 N–H and O–H groups in total. The van der Waals surface area contributed by atoms with E-state index >= 15 is 0 Å². The third-order valence-electron chi connectivity index (χ3n) is 3.19. The summed E-state index contributed by atoms with van der Waals surface area (Å²) in [6.07, 6.45) is 2.95. The Labute approximate surface area is 133 Å². The van der Waals surface area contributed by atoms with Gasteiger partial charge >= 0.3 is 0 Å². The molecule has 0 atom stereocenters. The highest BCUT2D eigenvalue weighted by Gasteiger charge is 2.03. The van der Waals surface area contributed by atoms with Gasteiger partial charge in [0.2, 0.25) is 11.8 Å². The van der Waals surface area contributed by atoms with E-state index in [4.69, 9.17) is 9.15 Å². The van der Waals surface area contributed by atoms with Gasteiger partial charge in [-0.05, 0) is 29.8 Å². The molecule has 5 nitrogen and oxygen atoms in total. The predicted octanol–water partition coefficient (Wildman–Crippen LogP) is 3.63. The van der Waals surface area contributed by atoms with Gasteiger partial charge in [-0.1, -0.05) is 24.3 Å². The molecule has 3 aromatic rings. The second kappa shape index (κ2) is 6.89. The smallest absolute Gasteiger partial charge is 0.248 e. The lowest BCUT2D eigenvalue weighted by molar-refractivity contribution is -0.111. The zero-order valence-corrected chi connectivity index (χ0v) is 12.7. The minimum absolute atomic E-state index is 0.248. The Bertz CT molecular complexity index is 819.